The smallest absolute Gasteiger partial charge is 0.326 e. The highest BCUT2D eigenvalue weighted by molar-refractivity contribution is 5.80. The number of fused-ring (bicyclic) bond motifs is 2. The Morgan fingerprint density at radius 1 is 1.38 bits per heavy atom. The highest BCUT2D eigenvalue weighted by atomic mass is 16.5. The van der Waals surface area contributed by atoms with Crippen molar-refractivity contribution < 1.29 is 9.53 Å². The van der Waals surface area contributed by atoms with Gasteiger partial charge in [0.1, 0.15) is 5.54 Å². The predicted molar refractivity (Wildman–Crippen MR) is 85.2 cm³/mol. The number of hydrogen-bond acceptors (Lipinski definition) is 4. The van der Waals surface area contributed by atoms with Gasteiger partial charge in [0.05, 0.1) is 6.61 Å². The van der Waals surface area contributed by atoms with Crippen molar-refractivity contribution in [3.63, 3.8) is 0 Å². The minimum absolute atomic E-state index is 0.116. The van der Waals surface area contributed by atoms with Gasteiger partial charge in [-0.15, -0.1) is 0 Å². The van der Waals surface area contributed by atoms with Crippen LogP contribution in [0.1, 0.15) is 60.3 Å². The van der Waals surface area contributed by atoms with Crippen LogP contribution >= 0.6 is 0 Å². The maximum atomic E-state index is 12.4. The summed E-state index contributed by atoms with van der Waals surface area (Å²) in [5.74, 6) is 0.777. The zero-order chi connectivity index (χ0) is 15.6. The molecule has 1 heterocycles. The Hall–Kier alpha value is -0.610. The molecule has 2 fully saturated rings. The van der Waals surface area contributed by atoms with Gasteiger partial charge >= 0.3 is 5.97 Å². The van der Waals surface area contributed by atoms with E-state index in [1.165, 1.54) is 25.8 Å². The SMILES string of the molecule is CCOC(=O)C(C)(CC(C)N1CC2CCC1C2)NC(C)C. The number of rotatable bonds is 7. The Bertz CT molecular complexity index is 372. The van der Waals surface area contributed by atoms with Crippen LogP contribution in [0.4, 0.5) is 0 Å². The van der Waals surface area contributed by atoms with Crippen LogP contribution in [0.5, 0.6) is 0 Å². The number of esters is 1. The third-order valence-electron chi connectivity index (χ3n) is 5.05. The van der Waals surface area contributed by atoms with Crippen LogP contribution in [0.3, 0.4) is 0 Å². The molecule has 0 aromatic heterocycles. The quantitative estimate of drug-likeness (QED) is 0.733. The second kappa shape index (κ2) is 6.66. The molecule has 21 heavy (non-hydrogen) atoms. The molecule has 0 amide bonds. The summed E-state index contributed by atoms with van der Waals surface area (Å²) in [6.07, 6.45) is 4.90. The third-order valence-corrected chi connectivity index (χ3v) is 5.05. The van der Waals surface area contributed by atoms with Crippen LogP contribution < -0.4 is 5.32 Å². The lowest BCUT2D eigenvalue weighted by atomic mass is 9.91. The van der Waals surface area contributed by atoms with Crippen molar-refractivity contribution in [2.75, 3.05) is 13.2 Å². The summed E-state index contributed by atoms with van der Waals surface area (Å²) in [6.45, 7) is 12.0. The van der Waals surface area contributed by atoms with Crippen molar-refractivity contribution in [1.29, 1.82) is 0 Å². The topological polar surface area (TPSA) is 41.6 Å². The van der Waals surface area contributed by atoms with E-state index in [1.807, 2.05) is 13.8 Å². The number of nitrogens with one attached hydrogen (secondary N) is 1. The molecule has 2 rings (SSSR count). The molecule has 1 N–H and O–H groups in total. The lowest BCUT2D eigenvalue weighted by molar-refractivity contribution is -0.151. The van der Waals surface area contributed by atoms with Crippen LogP contribution in [0.15, 0.2) is 0 Å². The normalized spacial score (nSPS) is 29.6. The van der Waals surface area contributed by atoms with Crippen molar-refractivity contribution in [2.24, 2.45) is 5.92 Å². The molecular weight excluding hydrogens is 264 g/mol. The van der Waals surface area contributed by atoms with Crippen LogP contribution in [0.25, 0.3) is 0 Å². The van der Waals surface area contributed by atoms with Gasteiger partial charge in [0.25, 0.3) is 0 Å². The van der Waals surface area contributed by atoms with Gasteiger partial charge in [-0.1, -0.05) is 0 Å². The van der Waals surface area contributed by atoms with Crippen LogP contribution in [-0.2, 0) is 9.53 Å². The van der Waals surface area contributed by atoms with E-state index in [1.54, 1.807) is 0 Å². The van der Waals surface area contributed by atoms with Crippen molar-refractivity contribution in [2.45, 2.75) is 84.0 Å². The highest BCUT2D eigenvalue weighted by Gasteiger charge is 2.43. The molecule has 4 nitrogen and oxygen atoms in total. The number of hydrogen-bond donors (Lipinski definition) is 1. The molecule has 0 aromatic carbocycles. The van der Waals surface area contributed by atoms with Gasteiger partial charge in [-0.05, 0) is 66.2 Å². The number of piperidine rings is 1. The average molecular weight is 296 g/mol. The zero-order valence-corrected chi connectivity index (χ0v) is 14.3. The van der Waals surface area contributed by atoms with Crippen molar-refractivity contribution in [3.05, 3.63) is 0 Å². The fourth-order valence-electron chi connectivity index (χ4n) is 4.34. The molecule has 122 valence electrons. The van der Waals surface area contributed by atoms with Gasteiger partial charge in [-0.3, -0.25) is 15.0 Å². The number of carbonyl (C=O) groups excluding carboxylic acids is 1. The molecule has 4 atom stereocenters. The molecule has 1 saturated heterocycles. The predicted octanol–water partition coefficient (Wildman–Crippen LogP) is 2.57. The average Bonchev–Trinajstić information content (AvgIpc) is 3.00. The van der Waals surface area contributed by atoms with Crippen molar-refractivity contribution >= 4 is 5.97 Å². The van der Waals surface area contributed by atoms with Crippen molar-refractivity contribution in [1.82, 2.24) is 10.2 Å². The number of likely N-dealkylation sites (tertiary alicyclic amines) is 1. The number of carbonyl (C=O) groups is 1. The molecule has 2 aliphatic rings. The minimum Gasteiger partial charge on any atom is -0.465 e. The maximum Gasteiger partial charge on any atom is 0.326 e. The summed E-state index contributed by atoms with van der Waals surface area (Å²) < 4.78 is 5.31. The molecule has 0 aromatic rings. The molecule has 2 bridgehead atoms. The molecule has 0 spiro atoms. The van der Waals surface area contributed by atoms with E-state index in [4.69, 9.17) is 4.74 Å². The fourth-order valence-corrected chi connectivity index (χ4v) is 4.34. The standard InChI is InChI=1S/C17H32N2O2/c1-6-21-16(20)17(5,18-12(2)3)10-13(4)19-11-14-7-8-15(19)9-14/h12-15,18H,6-11H2,1-5H3. The van der Waals surface area contributed by atoms with E-state index in [2.05, 4.69) is 31.0 Å². The first-order valence-corrected chi connectivity index (χ1v) is 8.56. The monoisotopic (exact) mass is 296 g/mol. The molecule has 1 aliphatic carbocycles. The van der Waals surface area contributed by atoms with Gasteiger partial charge in [0, 0.05) is 24.7 Å². The Morgan fingerprint density at radius 3 is 2.57 bits per heavy atom. The summed E-state index contributed by atoms with van der Waals surface area (Å²) in [5, 5.41) is 3.44. The van der Waals surface area contributed by atoms with Crippen LogP contribution in [-0.4, -0.2) is 47.7 Å². The molecule has 0 radical (unpaired) electrons. The molecule has 1 aliphatic heterocycles. The summed E-state index contributed by atoms with van der Waals surface area (Å²) in [6, 6.07) is 1.43. The van der Waals surface area contributed by atoms with Gasteiger partial charge in [-0.2, -0.15) is 0 Å². The van der Waals surface area contributed by atoms with Gasteiger partial charge in [0.2, 0.25) is 0 Å². The Morgan fingerprint density at radius 2 is 2.10 bits per heavy atom. The second-order valence-electron chi connectivity index (χ2n) is 7.43. The Kier molecular flexibility index (Phi) is 5.31. The highest BCUT2D eigenvalue weighted by Crippen LogP contribution is 2.39. The van der Waals surface area contributed by atoms with Crippen LogP contribution in [0, 0.1) is 5.92 Å². The summed E-state index contributed by atoms with van der Waals surface area (Å²) in [7, 11) is 0. The first-order chi connectivity index (χ1) is 9.85. The third kappa shape index (κ3) is 3.78. The summed E-state index contributed by atoms with van der Waals surface area (Å²) in [5.41, 5.74) is -0.592. The largest absolute Gasteiger partial charge is 0.465 e. The zero-order valence-electron chi connectivity index (χ0n) is 14.3. The Labute approximate surface area is 129 Å². The van der Waals surface area contributed by atoms with Crippen molar-refractivity contribution in [3.8, 4) is 0 Å². The van der Waals surface area contributed by atoms with E-state index in [9.17, 15) is 4.79 Å². The number of ether oxygens (including phenoxy) is 1. The van der Waals surface area contributed by atoms with Gasteiger partial charge in [0.15, 0.2) is 0 Å². The van der Waals surface area contributed by atoms with Gasteiger partial charge in [-0.25, -0.2) is 0 Å². The minimum atomic E-state index is -0.592. The number of nitrogens with zero attached hydrogens (tertiary/aromatic N) is 1. The fraction of sp³-hybridized carbons (Fsp3) is 0.941. The Balaban J connectivity index is 2.01. The van der Waals surface area contributed by atoms with E-state index < -0.39 is 5.54 Å². The summed E-state index contributed by atoms with van der Waals surface area (Å²) >= 11 is 0. The maximum absolute atomic E-state index is 12.4. The molecular formula is C17H32N2O2. The summed E-state index contributed by atoms with van der Waals surface area (Å²) in [4.78, 5) is 15.0. The van der Waals surface area contributed by atoms with E-state index in [-0.39, 0.29) is 12.0 Å². The lowest BCUT2D eigenvalue weighted by Crippen LogP contribution is -2.57. The van der Waals surface area contributed by atoms with E-state index in [0.717, 1.165) is 18.4 Å². The van der Waals surface area contributed by atoms with Gasteiger partial charge < -0.3 is 4.74 Å². The first kappa shape index (κ1) is 16.8. The van der Waals surface area contributed by atoms with E-state index >= 15 is 0 Å². The van der Waals surface area contributed by atoms with E-state index in [0.29, 0.717) is 12.6 Å². The first-order valence-electron chi connectivity index (χ1n) is 8.56. The molecule has 4 heteroatoms. The molecule has 1 saturated carbocycles. The van der Waals surface area contributed by atoms with Crippen LogP contribution in [0.2, 0.25) is 0 Å². The molecule has 4 unspecified atom stereocenters. The second-order valence-corrected chi connectivity index (χ2v) is 7.43. The lowest BCUT2D eigenvalue weighted by Gasteiger charge is -2.39.